The van der Waals surface area contributed by atoms with Crippen LogP contribution in [0.3, 0.4) is 0 Å². The minimum absolute atomic E-state index is 0.605. The molecule has 1 aliphatic carbocycles. The molecule has 0 saturated heterocycles. The van der Waals surface area contributed by atoms with Crippen LogP contribution in [0.5, 0.6) is 0 Å². The van der Waals surface area contributed by atoms with Crippen LogP contribution in [0.4, 0.5) is 0 Å². The highest BCUT2D eigenvalue weighted by atomic mass is 79.9. The Morgan fingerprint density at radius 1 is 1.21 bits per heavy atom. The van der Waals surface area contributed by atoms with Crippen LogP contribution in [0.15, 0.2) is 48.6 Å². The smallest absolute Gasteiger partial charge is 0.141 e. The van der Waals surface area contributed by atoms with Gasteiger partial charge in [-0.25, -0.2) is 0 Å². The van der Waals surface area contributed by atoms with Gasteiger partial charge in [0.2, 0.25) is 0 Å². The minimum Gasteiger partial charge on any atom is -0.375 e. The van der Waals surface area contributed by atoms with E-state index in [2.05, 4.69) is 28.1 Å². The Morgan fingerprint density at radius 2 is 1.93 bits per heavy atom. The predicted molar refractivity (Wildman–Crippen MR) is 62.1 cm³/mol. The molecule has 2 heteroatoms. The fourth-order valence-corrected chi connectivity index (χ4v) is 1.75. The van der Waals surface area contributed by atoms with Crippen molar-refractivity contribution in [1.29, 1.82) is 0 Å². The highest BCUT2D eigenvalue weighted by molar-refractivity contribution is 9.10. The van der Waals surface area contributed by atoms with Gasteiger partial charge in [-0.3, -0.25) is 0 Å². The third-order valence-corrected chi connectivity index (χ3v) is 2.82. The zero-order valence-corrected chi connectivity index (χ0v) is 9.24. The summed E-state index contributed by atoms with van der Waals surface area (Å²) in [5, 5.41) is 9.62. The fraction of sp³-hybridized carbons (Fsp3) is 0.167. The normalized spacial score (nSPS) is 26.0. The third kappa shape index (κ3) is 2.14. The maximum atomic E-state index is 9.62. The van der Waals surface area contributed by atoms with Crippen molar-refractivity contribution < 1.29 is 5.11 Å². The quantitative estimate of drug-likeness (QED) is 0.760. The minimum atomic E-state index is -0.856. The SMILES string of the molecule is O[C@@]1(Br)C=CC(c2ccccc2)=CC1. The Hall–Kier alpha value is -0.860. The molecule has 0 unspecified atom stereocenters. The van der Waals surface area contributed by atoms with E-state index in [9.17, 15) is 5.11 Å². The Balaban J connectivity index is 2.25. The van der Waals surface area contributed by atoms with Crippen LogP contribution in [-0.4, -0.2) is 9.62 Å². The largest absolute Gasteiger partial charge is 0.375 e. The lowest BCUT2D eigenvalue weighted by atomic mass is 9.98. The van der Waals surface area contributed by atoms with Gasteiger partial charge in [0.1, 0.15) is 4.51 Å². The van der Waals surface area contributed by atoms with E-state index in [0.29, 0.717) is 6.42 Å². The Kier molecular flexibility index (Phi) is 2.57. The number of benzene rings is 1. The number of allylic oxidation sites excluding steroid dienone is 2. The molecule has 0 amide bonds. The lowest BCUT2D eigenvalue weighted by Gasteiger charge is -2.19. The molecule has 0 aliphatic heterocycles. The van der Waals surface area contributed by atoms with E-state index in [0.717, 1.165) is 5.57 Å². The van der Waals surface area contributed by atoms with Gasteiger partial charge in [-0.15, -0.1) is 0 Å². The molecular weight excluding hydrogens is 240 g/mol. The van der Waals surface area contributed by atoms with Crippen molar-refractivity contribution >= 4 is 21.5 Å². The van der Waals surface area contributed by atoms with Crippen molar-refractivity contribution in [2.24, 2.45) is 0 Å². The number of halogens is 1. The predicted octanol–water partition coefficient (Wildman–Crippen LogP) is 3.11. The molecule has 0 heterocycles. The molecule has 0 radical (unpaired) electrons. The second-order valence-corrected chi connectivity index (χ2v) is 4.75. The standard InChI is InChI=1S/C12H11BrO/c13-12(14)8-6-11(7-9-12)10-4-2-1-3-5-10/h1-8,14H,9H2/t12-/m0/s1. The van der Waals surface area contributed by atoms with Crippen molar-refractivity contribution in [2.45, 2.75) is 10.9 Å². The third-order valence-electron chi connectivity index (χ3n) is 2.23. The van der Waals surface area contributed by atoms with Gasteiger partial charge in [0.15, 0.2) is 0 Å². The van der Waals surface area contributed by atoms with Crippen LogP contribution in [0.25, 0.3) is 5.57 Å². The number of hydrogen-bond donors (Lipinski definition) is 1. The molecule has 1 aromatic carbocycles. The molecule has 1 aromatic rings. The Morgan fingerprint density at radius 3 is 2.50 bits per heavy atom. The highest BCUT2D eigenvalue weighted by Crippen LogP contribution is 2.30. The first-order valence-corrected chi connectivity index (χ1v) is 5.33. The van der Waals surface area contributed by atoms with Gasteiger partial charge in [-0.2, -0.15) is 0 Å². The van der Waals surface area contributed by atoms with E-state index in [1.165, 1.54) is 5.56 Å². The monoisotopic (exact) mass is 250 g/mol. The van der Waals surface area contributed by atoms with Gasteiger partial charge in [-0.05, 0) is 33.1 Å². The second-order valence-electron chi connectivity index (χ2n) is 3.38. The number of rotatable bonds is 1. The summed E-state index contributed by atoms with van der Waals surface area (Å²) in [7, 11) is 0. The molecule has 1 N–H and O–H groups in total. The van der Waals surface area contributed by atoms with E-state index in [4.69, 9.17) is 0 Å². The van der Waals surface area contributed by atoms with Gasteiger partial charge in [0.25, 0.3) is 0 Å². The van der Waals surface area contributed by atoms with Crippen molar-refractivity contribution in [3.8, 4) is 0 Å². The van der Waals surface area contributed by atoms with Crippen LogP contribution in [0, 0.1) is 0 Å². The summed E-state index contributed by atoms with van der Waals surface area (Å²) in [6, 6.07) is 10.2. The molecule has 1 nitrogen and oxygen atoms in total. The van der Waals surface area contributed by atoms with E-state index in [1.807, 2.05) is 30.4 Å². The molecule has 14 heavy (non-hydrogen) atoms. The average molecular weight is 251 g/mol. The van der Waals surface area contributed by atoms with Crippen LogP contribution >= 0.6 is 15.9 Å². The molecule has 72 valence electrons. The van der Waals surface area contributed by atoms with E-state index >= 15 is 0 Å². The first-order valence-electron chi connectivity index (χ1n) is 4.53. The van der Waals surface area contributed by atoms with Crippen molar-refractivity contribution in [3.05, 3.63) is 54.1 Å². The van der Waals surface area contributed by atoms with Gasteiger partial charge in [0.05, 0.1) is 0 Å². The summed E-state index contributed by atoms with van der Waals surface area (Å²) in [4.78, 5) is 0. The van der Waals surface area contributed by atoms with Crippen molar-refractivity contribution in [1.82, 2.24) is 0 Å². The first-order chi connectivity index (χ1) is 6.67. The number of hydrogen-bond acceptors (Lipinski definition) is 1. The zero-order chi connectivity index (χ0) is 10.0. The Bertz CT molecular complexity index is 377. The van der Waals surface area contributed by atoms with Crippen LogP contribution in [0.1, 0.15) is 12.0 Å². The molecule has 1 aliphatic rings. The number of aliphatic hydroxyl groups is 1. The van der Waals surface area contributed by atoms with Crippen LogP contribution < -0.4 is 0 Å². The molecular formula is C12H11BrO. The summed E-state index contributed by atoms with van der Waals surface area (Å²) >= 11 is 3.22. The number of alkyl halides is 1. The maximum absolute atomic E-state index is 9.62. The lowest BCUT2D eigenvalue weighted by Crippen LogP contribution is -2.16. The van der Waals surface area contributed by atoms with E-state index < -0.39 is 4.51 Å². The molecule has 0 spiro atoms. The first kappa shape index (κ1) is 9.69. The molecule has 2 rings (SSSR count). The zero-order valence-electron chi connectivity index (χ0n) is 7.65. The topological polar surface area (TPSA) is 20.2 Å². The summed E-state index contributed by atoms with van der Waals surface area (Å²) in [6.07, 6.45) is 6.35. The van der Waals surface area contributed by atoms with Crippen molar-refractivity contribution in [3.63, 3.8) is 0 Å². The summed E-state index contributed by atoms with van der Waals surface area (Å²) in [5.41, 5.74) is 2.35. The molecule has 0 saturated carbocycles. The lowest BCUT2D eigenvalue weighted by molar-refractivity contribution is 0.198. The van der Waals surface area contributed by atoms with Gasteiger partial charge in [-0.1, -0.05) is 42.5 Å². The summed E-state index contributed by atoms with van der Waals surface area (Å²) < 4.78 is -0.856. The molecule has 1 atom stereocenters. The Labute approximate surface area is 91.9 Å². The molecule has 0 bridgehead atoms. The highest BCUT2D eigenvalue weighted by Gasteiger charge is 2.20. The summed E-state index contributed by atoms with van der Waals surface area (Å²) in [6.45, 7) is 0. The molecule has 0 aromatic heterocycles. The van der Waals surface area contributed by atoms with Gasteiger partial charge >= 0.3 is 0 Å². The fourth-order valence-electron chi connectivity index (χ4n) is 1.45. The van der Waals surface area contributed by atoms with E-state index in [-0.39, 0.29) is 0 Å². The molecule has 0 fully saturated rings. The van der Waals surface area contributed by atoms with Gasteiger partial charge < -0.3 is 5.11 Å². The van der Waals surface area contributed by atoms with Crippen LogP contribution in [0.2, 0.25) is 0 Å². The second kappa shape index (κ2) is 3.71. The van der Waals surface area contributed by atoms with E-state index in [1.54, 1.807) is 6.08 Å². The summed E-state index contributed by atoms with van der Waals surface area (Å²) in [5.74, 6) is 0. The van der Waals surface area contributed by atoms with Crippen molar-refractivity contribution in [2.75, 3.05) is 0 Å². The maximum Gasteiger partial charge on any atom is 0.141 e. The van der Waals surface area contributed by atoms with Crippen LogP contribution in [-0.2, 0) is 0 Å². The van der Waals surface area contributed by atoms with Gasteiger partial charge in [0, 0.05) is 6.42 Å². The average Bonchev–Trinajstić information content (AvgIpc) is 2.19.